The maximum Gasteiger partial charge on any atom is 0.248 e. The molecule has 0 aromatic heterocycles. The fourth-order valence-electron chi connectivity index (χ4n) is 3.61. The Kier molecular flexibility index (Phi) is 7.29. The van der Waals surface area contributed by atoms with Crippen molar-refractivity contribution in [1.29, 1.82) is 0 Å². The predicted octanol–water partition coefficient (Wildman–Crippen LogP) is 1.81. The molecule has 9 heteroatoms. The zero-order valence-electron chi connectivity index (χ0n) is 17.4. The number of ether oxygens (including phenoxy) is 1. The molecule has 0 radical (unpaired) electrons. The van der Waals surface area contributed by atoms with Crippen LogP contribution in [-0.4, -0.2) is 56.3 Å². The van der Waals surface area contributed by atoms with Crippen LogP contribution in [0.15, 0.2) is 48.5 Å². The molecule has 0 spiro atoms. The van der Waals surface area contributed by atoms with E-state index in [-0.39, 0.29) is 29.9 Å². The van der Waals surface area contributed by atoms with E-state index in [0.717, 1.165) is 11.3 Å². The van der Waals surface area contributed by atoms with Gasteiger partial charge in [0.05, 0.1) is 18.6 Å². The van der Waals surface area contributed by atoms with Gasteiger partial charge >= 0.3 is 0 Å². The standard InChI is InChI=1S/C22H27N3O5S/c1-30-20-8-2-16(3-9-20)14-25(19-11-13-31(28,29)15-19)12-10-21(26)24-18-6-4-17(5-7-18)22(23)27/h2-9,19H,10-15H2,1H3,(H2,23,27)(H,24,26). The van der Waals surface area contributed by atoms with Gasteiger partial charge in [0.2, 0.25) is 11.8 Å². The van der Waals surface area contributed by atoms with Crippen molar-refractivity contribution >= 4 is 27.3 Å². The van der Waals surface area contributed by atoms with E-state index in [1.807, 2.05) is 24.3 Å². The van der Waals surface area contributed by atoms with Crippen molar-refractivity contribution in [3.05, 3.63) is 59.7 Å². The molecule has 1 aliphatic rings. The van der Waals surface area contributed by atoms with E-state index in [1.165, 1.54) is 0 Å². The van der Waals surface area contributed by atoms with E-state index in [2.05, 4.69) is 10.2 Å². The Bertz CT molecular complexity index is 1020. The summed E-state index contributed by atoms with van der Waals surface area (Å²) in [6.45, 7) is 0.974. The first-order valence-electron chi connectivity index (χ1n) is 10.0. The Hall–Kier alpha value is -2.91. The number of benzene rings is 2. The van der Waals surface area contributed by atoms with Crippen LogP contribution >= 0.6 is 0 Å². The van der Waals surface area contributed by atoms with Crippen LogP contribution in [0, 0.1) is 0 Å². The second-order valence-electron chi connectivity index (χ2n) is 7.62. The second-order valence-corrected chi connectivity index (χ2v) is 9.84. The van der Waals surface area contributed by atoms with Crippen LogP contribution in [0.5, 0.6) is 5.75 Å². The maximum absolute atomic E-state index is 12.4. The molecule has 1 heterocycles. The van der Waals surface area contributed by atoms with E-state index in [1.54, 1.807) is 31.4 Å². The van der Waals surface area contributed by atoms with Crippen molar-refractivity contribution in [3.8, 4) is 5.75 Å². The molecule has 1 unspecified atom stereocenters. The number of sulfone groups is 1. The minimum Gasteiger partial charge on any atom is -0.497 e. The molecule has 0 bridgehead atoms. The third-order valence-electron chi connectivity index (χ3n) is 5.35. The molecule has 2 aromatic carbocycles. The molecule has 0 aliphatic carbocycles. The number of hydrogen-bond donors (Lipinski definition) is 2. The Labute approximate surface area is 182 Å². The summed E-state index contributed by atoms with van der Waals surface area (Å²) in [7, 11) is -1.44. The zero-order valence-corrected chi connectivity index (χ0v) is 18.2. The number of amides is 2. The molecule has 1 atom stereocenters. The van der Waals surface area contributed by atoms with Crippen molar-refractivity contribution in [2.24, 2.45) is 5.73 Å². The summed E-state index contributed by atoms with van der Waals surface area (Å²) < 4.78 is 29.1. The van der Waals surface area contributed by atoms with E-state index in [0.29, 0.717) is 30.8 Å². The molecule has 1 aliphatic heterocycles. The number of carbonyl (C=O) groups is 2. The van der Waals surface area contributed by atoms with E-state index >= 15 is 0 Å². The molecule has 8 nitrogen and oxygen atoms in total. The van der Waals surface area contributed by atoms with Gasteiger partial charge < -0.3 is 15.8 Å². The lowest BCUT2D eigenvalue weighted by Gasteiger charge is -2.28. The Morgan fingerprint density at radius 1 is 1.13 bits per heavy atom. The van der Waals surface area contributed by atoms with Gasteiger partial charge in [-0.15, -0.1) is 0 Å². The maximum atomic E-state index is 12.4. The van der Waals surface area contributed by atoms with Gasteiger partial charge in [-0.1, -0.05) is 12.1 Å². The fourth-order valence-corrected chi connectivity index (χ4v) is 5.37. The molecular weight excluding hydrogens is 418 g/mol. The molecule has 3 N–H and O–H groups in total. The summed E-state index contributed by atoms with van der Waals surface area (Å²) in [6.07, 6.45) is 0.777. The molecule has 31 heavy (non-hydrogen) atoms. The number of nitrogens with two attached hydrogens (primary N) is 1. The third kappa shape index (κ3) is 6.53. The number of methoxy groups -OCH3 is 1. The summed E-state index contributed by atoms with van der Waals surface area (Å²) in [5.74, 6) is 0.320. The van der Waals surface area contributed by atoms with Gasteiger partial charge in [-0.2, -0.15) is 0 Å². The van der Waals surface area contributed by atoms with Crippen LogP contribution in [0.1, 0.15) is 28.8 Å². The number of rotatable bonds is 9. The number of anilines is 1. The molecule has 1 saturated heterocycles. The zero-order chi connectivity index (χ0) is 22.4. The molecule has 1 fully saturated rings. The summed E-state index contributed by atoms with van der Waals surface area (Å²) in [4.78, 5) is 25.7. The van der Waals surface area contributed by atoms with Gasteiger partial charge in [0, 0.05) is 36.8 Å². The first-order valence-corrected chi connectivity index (χ1v) is 11.8. The fraction of sp³-hybridized carbons (Fsp3) is 0.364. The minimum absolute atomic E-state index is 0.110. The predicted molar refractivity (Wildman–Crippen MR) is 119 cm³/mol. The highest BCUT2D eigenvalue weighted by Crippen LogP contribution is 2.21. The molecule has 2 aromatic rings. The highest BCUT2D eigenvalue weighted by atomic mass is 32.2. The smallest absolute Gasteiger partial charge is 0.248 e. The Morgan fingerprint density at radius 3 is 2.35 bits per heavy atom. The lowest BCUT2D eigenvalue weighted by atomic mass is 10.1. The highest BCUT2D eigenvalue weighted by molar-refractivity contribution is 7.91. The third-order valence-corrected chi connectivity index (χ3v) is 7.10. The van der Waals surface area contributed by atoms with Crippen molar-refractivity contribution in [2.75, 3.05) is 30.5 Å². The quantitative estimate of drug-likeness (QED) is 0.608. The molecule has 166 valence electrons. The normalized spacial score (nSPS) is 17.4. The van der Waals surface area contributed by atoms with Crippen molar-refractivity contribution in [2.45, 2.75) is 25.4 Å². The van der Waals surface area contributed by atoms with Gasteiger partial charge in [-0.05, 0) is 48.4 Å². The lowest BCUT2D eigenvalue weighted by Crippen LogP contribution is -2.37. The van der Waals surface area contributed by atoms with Gasteiger partial charge in [0.15, 0.2) is 9.84 Å². The first-order chi connectivity index (χ1) is 14.8. The van der Waals surface area contributed by atoms with Gasteiger partial charge in [0.25, 0.3) is 0 Å². The van der Waals surface area contributed by atoms with Gasteiger partial charge in [0.1, 0.15) is 5.75 Å². The van der Waals surface area contributed by atoms with Crippen LogP contribution < -0.4 is 15.8 Å². The van der Waals surface area contributed by atoms with Gasteiger partial charge in [-0.25, -0.2) is 8.42 Å². The second kappa shape index (κ2) is 9.93. The lowest BCUT2D eigenvalue weighted by molar-refractivity contribution is -0.116. The Morgan fingerprint density at radius 2 is 1.81 bits per heavy atom. The largest absolute Gasteiger partial charge is 0.497 e. The molecule has 0 saturated carbocycles. The summed E-state index contributed by atoms with van der Waals surface area (Å²) in [5, 5.41) is 2.80. The highest BCUT2D eigenvalue weighted by Gasteiger charge is 2.32. The van der Waals surface area contributed by atoms with Crippen LogP contribution in [0.2, 0.25) is 0 Å². The summed E-state index contributed by atoms with van der Waals surface area (Å²) >= 11 is 0. The van der Waals surface area contributed by atoms with Gasteiger partial charge in [-0.3, -0.25) is 14.5 Å². The molecule has 2 amide bonds. The molecular formula is C22H27N3O5S. The minimum atomic E-state index is -3.04. The van der Waals surface area contributed by atoms with E-state index in [4.69, 9.17) is 10.5 Å². The van der Waals surface area contributed by atoms with Crippen molar-refractivity contribution in [3.63, 3.8) is 0 Å². The number of nitrogens with zero attached hydrogens (tertiary/aromatic N) is 1. The average molecular weight is 446 g/mol. The average Bonchev–Trinajstić information content (AvgIpc) is 3.11. The summed E-state index contributed by atoms with van der Waals surface area (Å²) in [6, 6.07) is 13.8. The van der Waals surface area contributed by atoms with Crippen molar-refractivity contribution < 1.29 is 22.7 Å². The van der Waals surface area contributed by atoms with Crippen LogP contribution in [0.4, 0.5) is 5.69 Å². The first kappa shape index (κ1) is 22.8. The summed E-state index contributed by atoms with van der Waals surface area (Å²) in [5.41, 5.74) is 7.18. The number of primary amides is 1. The van der Waals surface area contributed by atoms with E-state index < -0.39 is 15.7 Å². The number of nitrogens with one attached hydrogen (secondary N) is 1. The topological polar surface area (TPSA) is 119 Å². The van der Waals surface area contributed by atoms with E-state index in [9.17, 15) is 18.0 Å². The number of hydrogen-bond acceptors (Lipinski definition) is 6. The van der Waals surface area contributed by atoms with Crippen LogP contribution in [0.3, 0.4) is 0 Å². The number of carbonyl (C=O) groups excluding carboxylic acids is 2. The molecule has 3 rings (SSSR count). The van der Waals surface area contributed by atoms with Crippen LogP contribution in [0.25, 0.3) is 0 Å². The Balaban J connectivity index is 1.63. The monoisotopic (exact) mass is 445 g/mol. The van der Waals surface area contributed by atoms with Crippen LogP contribution in [-0.2, 0) is 21.2 Å². The SMILES string of the molecule is COc1ccc(CN(CCC(=O)Nc2ccc(C(N)=O)cc2)C2CCS(=O)(=O)C2)cc1. The van der Waals surface area contributed by atoms with Crippen molar-refractivity contribution in [1.82, 2.24) is 4.90 Å².